The highest BCUT2D eigenvalue weighted by atomic mass is 32.2. The zero-order chi connectivity index (χ0) is 18.1. The smallest absolute Gasteiger partial charge is 0.0932 e. The molecule has 4 aliphatic rings. The van der Waals surface area contributed by atoms with Gasteiger partial charge in [0, 0.05) is 66.4 Å². The van der Waals surface area contributed by atoms with Crippen molar-refractivity contribution in [2.75, 3.05) is 24.6 Å². The maximum absolute atomic E-state index is 11.6. The minimum Gasteiger partial charge on any atom is -0.496 e. The van der Waals surface area contributed by atoms with Crippen LogP contribution >= 0.6 is 0 Å². The van der Waals surface area contributed by atoms with Crippen molar-refractivity contribution in [3.05, 3.63) is 24.1 Å². The van der Waals surface area contributed by atoms with E-state index in [1.165, 1.54) is 0 Å². The maximum Gasteiger partial charge on any atom is 0.0932 e. The minimum atomic E-state index is -0.641. The van der Waals surface area contributed by atoms with Crippen LogP contribution in [0.3, 0.4) is 0 Å². The van der Waals surface area contributed by atoms with Gasteiger partial charge in [-0.1, -0.05) is 0 Å². The molecule has 0 aromatic heterocycles. The Bertz CT molecular complexity index is 688. The van der Waals surface area contributed by atoms with Gasteiger partial charge in [-0.15, -0.1) is 0 Å². The second-order valence-electron chi connectivity index (χ2n) is 7.69. The summed E-state index contributed by atoms with van der Waals surface area (Å²) in [4.78, 5) is 7.10. The van der Waals surface area contributed by atoms with Gasteiger partial charge >= 0.3 is 0 Å². The standard InChI is InChI=1S/C19H28N4O2S/c1-13(2)25-15-3-4-17-16(12-15)19(22-21-17)18-11-14(5-6-20-18)23-7-9-26(24)10-8-23/h3,5-6,13-14,16-17,21H,4,7-12H2,1-2H3/t14-,16-,17+/m0/s1. The Labute approximate surface area is 157 Å². The number of nitrogens with one attached hydrogen (secondary N) is 1. The van der Waals surface area contributed by atoms with E-state index in [1.54, 1.807) is 0 Å². The Morgan fingerprint density at radius 1 is 1.31 bits per heavy atom. The van der Waals surface area contributed by atoms with Crippen LogP contribution in [0.15, 0.2) is 34.2 Å². The van der Waals surface area contributed by atoms with Crippen molar-refractivity contribution in [2.45, 2.75) is 51.3 Å². The van der Waals surface area contributed by atoms with Gasteiger partial charge in [-0.2, -0.15) is 5.10 Å². The van der Waals surface area contributed by atoms with Crippen LogP contribution < -0.4 is 5.43 Å². The molecule has 0 unspecified atom stereocenters. The molecule has 1 aliphatic carbocycles. The third-order valence-electron chi connectivity index (χ3n) is 5.51. The first kappa shape index (κ1) is 17.9. The number of fused-ring (bicyclic) bond motifs is 1. The van der Waals surface area contributed by atoms with Crippen LogP contribution in [0.2, 0.25) is 0 Å². The lowest BCUT2D eigenvalue weighted by molar-refractivity contribution is 0.128. The van der Waals surface area contributed by atoms with Crippen LogP contribution in [0.4, 0.5) is 0 Å². The molecule has 0 bridgehead atoms. The molecule has 0 radical (unpaired) electrons. The summed E-state index contributed by atoms with van der Waals surface area (Å²) in [6.45, 7) is 5.95. The summed E-state index contributed by atoms with van der Waals surface area (Å²) in [6.07, 6.45) is 9.23. The quantitative estimate of drug-likeness (QED) is 0.813. The lowest BCUT2D eigenvalue weighted by Crippen LogP contribution is -2.46. The molecule has 7 heteroatoms. The largest absolute Gasteiger partial charge is 0.496 e. The zero-order valence-electron chi connectivity index (χ0n) is 15.6. The topological polar surface area (TPSA) is 66.3 Å². The Hall–Kier alpha value is -1.47. The summed E-state index contributed by atoms with van der Waals surface area (Å²) < 4.78 is 17.6. The molecule has 6 nitrogen and oxygen atoms in total. The molecule has 3 aliphatic heterocycles. The number of aliphatic imine (C=N–C) groups is 1. The van der Waals surface area contributed by atoms with Gasteiger partial charge in [0.1, 0.15) is 0 Å². The van der Waals surface area contributed by atoms with E-state index in [4.69, 9.17) is 4.74 Å². The number of hydrazone groups is 1. The van der Waals surface area contributed by atoms with Crippen molar-refractivity contribution in [1.29, 1.82) is 0 Å². The Kier molecular flexibility index (Phi) is 5.27. The molecule has 142 valence electrons. The highest BCUT2D eigenvalue weighted by Crippen LogP contribution is 2.32. The number of hydrogen-bond donors (Lipinski definition) is 1. The molecule has 0 saturated carbocycles. The van der Waals surface area contributed by atoms with Crippen LogP contribution in [0.25, 0.3) is 0 Å². The van der Waals surface area contributed by atoms with E-state index in [-0.39, 0.29) is 6.10 Å². The van der Waals surface area contributed by atoms with Crippen molar-refractivity contribution >= 4 is 22.2 Å². The number of ether oxygens (including phenoxy) is 1. The van der Waals surface area contributed by atoms with Crippen LogP contribution in [-0.2, 0) is 15.5 Å². The summed E-state index contributed by atoms with van der Waals surface area (Å²) in [5.74, 6) is 2.99. The van der Waals surface area contributed by atoms with Crippen molar-refractivity contribution in [1.82, 2.24) is 10.3 Å². The molecule has 26 heavy (non-hydrogen) atoms. The first-order chi connectivity index (χ1) is 12.6. The molecule has 1 N–H and O–H groups in total. The molecule has 1 fully saturated rings. The van der Waals surface area contributed by atoms with E-state index in [9.17, 15) is 4.21 Å². The average Bonchev–Trinajstić information content (AvgIpc) is 3.05. The lowest BCUT2D eigenvalue weighted by Gasteiger charge is -2.34. The summed E-state index contributed by atoms with van der Waals surface area (Å²) in [5.41, 5.74) is 5.50. The highest BCUT2D eigenvalue weighted by molar-refractivity contribution is 7.85. The number of hydrogen-bond acceptors (Lipinski definition) is 6. The SMILES string of the molecule is CC(C)OC1=CC[C@H]2NN=C(C3=NC=C[C@H](N4CCS(=O)CC4)C3)[C@H]2C1. The van der Waals surface area contributed by atoms with Gasteiger partial charge in [-0.3, -0.25) is 14.1 Å². The molecule has 0 aromatic carbocycles. The van der Waals surface area contributed by atoms with E-state index >= 15 is 0 Å². The van der Waals surface area contributed by atoms with E-state index in [0.717, 1.165) is 61.0 Å². The Morgan fingerprint density at radius 3 is 2.88 bits per heavy atom. The number of allylic oxidation sites excluding steroid dienone is 1. The Balaban J connectivity index is 1.43. The summed E-state index contributed by atoms with van der Waals surface area (Å²) in [7, 11) is -0.641. The lowest BCUT2D eigenvalue weighted by atomic mass is 9.82. The third kappa shape index (κ3) is 3.78. The zero-order valence-corrected chi connectivity index (χ0v) is 16.4. The van der Waals surface area contributed by atoms with Gasteiger partial charge in [-0.25, -0.2) is 0 Å². The molecule has 1 saturated heterocycles. The molecule has 4 rings (SSSR count). The first-order valence-electron chi connectivity index (χ1n) is 9.61. The fourth-order valence-corrected chi connectivity index (χ4v) is 5.24. The molecular weight excluding hydrogens is 348 g/mol. The monoisotopic (exact) mass is 376 g/mol. The van der Waals surface area contributed by atoms with Gasteiger partial charge in [0.25, 0.3) is 0 Å². The molecule has 3 atom stereocenters. The molecule has 0 amide bonds. The number of nitrogens with zero attached hydrogens (tertiary/aromatic N) is 3. The first-order valence-corrected chi connectivity index (χ1v) is 11.1. The molecule has 3 heterocycles. The van der Waals surface area contributed by atoms with E-state index in [2.05, 4.69) is 46.4 Å². The van der Waals surface area contributed by atoms with Gasteiger partial charge in [0.05, 0.1) is 29.3 Å². The molecular formula is C19H28N4O2S. The van der Waals surface area contributed by atoms with Gasteiger partial charge in [-0.05, 0) is 32.4 Å². The van der Waals surface area contributed by atoms with Crippen LogP contribution in [0.5, 0.6) is 0 Å². The normalized spacial score (nSPS) is 32.6. The summed E-state index contributed by atoms with van der Waals surface area (Å²) in [5, 5.41) is 4.66. The fourth-order valence-electron chi connectivity index (χ4n) is 4.16. The minimum absolute atomic E-state index is 0.205. The van der Waals surface area contributed by atoms with Crippen LogP contribution in [0, 0.1) is 5.92 Å². The average molecular weight is 377 g/mol. The Morgan fingerprint density at radius 2 is 2.12 bits per heavy atom. The second-order valence-corrected chi connectivity index (χ2v) is 9.38. The predicted molar refractivity (Wildman–Crippen MR) is 106 cm³/mol. The van der Waals surface area contributed by atoms with Crippen molar-refractivity contribution in [2.24, 2.45) is 16.0 Å². The third-order valence-corrected chi connectivity index (χ3v) is 6.79. The van der Waals surface area contributed by atoms with Gasteiger partial charge in [0.15, 0.2) is 0 Å². The van der Waals surface area contributed by atoms with Gasteiger partial charge < -0.3 is 10.2 Å². The van der Waals surface area contributed by atoms with E-state index in [1.807, 2.05) is 6.20 Å². The van der Waals surface area contributed by atoms with Gasteiger partial charge in [0.2, 0.25) is 0 Å². The van der Waals surface area contributed by atoms with Crippen molar-refractivity contribution in [3.63, 3.8) is 0 Å². The van der Waals surface area contributed by atoms with E-state index in [0.29, 0.717) is 18.0 Å². The van der Waals surface area contributed by atoms with E-state index < -0.39 is 10.8 Å². The van der Waals surface area contributed by atoms with Crippen molar-refractivity contribution < 1.29 is 8.95 Å². The van der Waals surface area contributed by atoms with Crippen LogP contribution in [-0.4, -0.2) is 63.3 Å². The summed E-state index contributed by atoms with van der Waals surface area (Å²) >= 11 is 0. The predicted octanol–water partition coefficient (Wildman–Crippen LogP) is 1.82. The second kappa shape index (κ2) is 7.64. The summed E-state index contributed by atoms with van der Waals surface area (Å²) in [6, 6.07) is 0.695. The van der Waals surface area contributed by atoms with Crippen LogP contribution in [0.1, 0.15) is 33.1 Å². The fraction of sp³-hybridized carbons (Fsp3) is 0.684. The molecule has 0 aromatic rings. The number of rotatable bonds is 4. The molecule has 0 spiro atoms. The highest BCUT2D eigenvalue weighted by Gasteiger charge is 2.38. The maximum atomic E-state index is 11.6. The van der Waals surface area contributed by atoms with Crippen molar-refractivity contribution in [3.8, 4) is 0 Å².